The average Bonchev–Trinajstić information content (AvgIpc) is 3.06. The van der Waals surface area contributed by atoms with Crippen LogP contribution in [0.15, 0.2) is 54.7 Å². The van der Waals surface area contributed by atoms with Gasteiger partial charge in [-0.25, -0.2) is 9.52 Å². The minimum Gasteiger partial charge on any atom is -0.462 e. The molecule has 0 fully saturated rings. The van der Waals surface area contributed by atoms with E-state index in [1.54, 1.807) is 31.2 Å². The van der Waals surface area contributed by atoms with Crippen LogP contribution in [0.25, 0.3) is 10.9 Å². The molecule has 140 valence electrons. The van der Waals surface area contributed by atoms with Gasteiger partial charge in [-0.2, -0.15) is 8.42 Å². The topological polar surface area (TPSA) is 117 Å². The number of para-hydroxylation sites is 1. The summed E-state index contributed by atoms with van der Waals surface area (Å²) in [6.45, 7) is 1.93. The Morgan fingerprint density at radius 3 is 2.48 bits per heavy atom. The minimum atomic E-state index is -4.15. The first kappa shape index (κ1) is 18.5. The van der Waals surface area contributed by atoms with Gasteiger partial charge in [-0.15, -0.1) is 0 Å². The predicted octanol–water partition coefficient (Wildman–Crippen LogP) is 2.43. The van der Waals surface area contributed by atoms with Crippen LogP contribution in [-0.4, -0.2) is 31.9 Å². The second-order valence-electron chi connectivity index (χ2n) is 5.58. The lowest BCUT2D eigenvalue weighted by atomic mass is 10.2. The van der Waals surface area contributed by atoms with E-state index >= 15 is 0 Å². The van der Waals surface area contributed by atoms with E-state index in [0.717, 1.165) is 5.52 Å². The molecule has 1 aromatic heterocycles. The number of carbonyl (C=O) groups excluding carboxylic acids is 2. The molecule has 0 aliphatic heterocycles. The molecule has 0 spiro atoms. The van der Waals surface area contributed by atoms with Crippen molar-refractivity contribution in [2.75, 3.05) is 11.3 Å². The Kier molecular flexibility index (Phi) is 5.13. The van der Waals surface area contributed by atoms with Crippen LogP contribution >= 0.6 is 0 Å². The Bertz CT molecular complexity index is 1090. The molecule has 3 aromatic rings. The smallest absolute Gasteiger partial charge is 0.338 e. The molecular weight excluding hydrogens is 370 g/mol. The fourth-order valence-electron chi connectivity index (χ4n) is 2.51. The maximum Gasteiger partial charge on any atom is 0.338 e. The number of anilines is 1. The number of esters is 1. The second kappa shape index (κ2) is 7.50. The van der Waals surface area contributed by atoms with Crippen LogP contribution in [0.1, 0.15) is 27.6 Å². The number of hydrogen-bond donors (Lipinski definition) is 3. The van der Waals surface area contributed by atoms with Crippen LogP contribution in [0, 0.1) is 0 Å². The Hall–Kier alpha value is -3.33. The fourth-order valence-corrected chi connectivity index (χ4v) is 3.36. The molecular formula is C18H17N3O5S. The van der Waals surface area contributed by atoms with E-state index in [9.17, 15) is 18.0 Å². The van der Waals surface area contributed by atoms with Gasteiger partial charge in [0.05, 0.1) is 23.4 Å². The van der Waals surface area contributed by atoms with E-state index in [4.69, 9.17) is 4.74 Å². The van der Waals surface area contributed by atoms with Gasteiger partial charge in [0.2, 0.25) is 0 Å². The zero-order valence-electron chi connectivity index (χ0n) is 14.4. The van der Waals surface area contributed by atoms with Crippen LogP contribution in [-0.2, 0) is 14.9 Å². The van der Waals surface area contributed by atoms with Crippen molar-refractivity contribution >= 4 is 38.7 Å². The SMILES string of the molecule is CCOC(=O)c1ccc(NS(=O)(=O)NC(=O)c2c[nH]c3ccccc23)cc1. The van der Waals surface area contributed by atoms with Crippen LogP contribution in [0.3, 0.4) is 0 Å². The van der Waals surface area contributed by atoms with Gasteiger partial charge < -0.3 is 9.72 Å². The number of aromatic nitrogens is 1. The number of fused-ring (bicyclic) bond motifs is 1. The highest BCUT2D eigenvalue weighted by atomic mass is 32.2. The molecule has 0 unspecified atom stereocenters. The van der Waals surface area contributed by atoms with Gasteiger partial charge in [0.1, 0.15) is 0 Å². The number of ether oxygens (including phenoxy) is 1. The number of nitrogens with one attached hydrogen (secondary N) is 3. The zero-order chi connectivity index (χ0) is 19.4. The molecule has 0 aliphatic rings. The lowest BCUT2D eigenvalue weighted by molar-refractivity contribution is 0.0526. The largest absolute Gasteiger partial charge is 0.462 e. The van der Waals surface area contributed by atoms with Gasteiger partial charge in [0, 0.05) is 17.1 Å². The summed E-state index contributed by atoms with van der Waals surface area (Å²) in [5.41, 5.74) is 1.43. The van der Waals surface area contributed by atoms with Gasteiger partial charge in [-0.1, -0.05) is 18.2 Å². The summed E-state index contributed by atoms with van der Waals surface area (Å²) in [5.74, 6) is -1.26. The molecule has 0 bridgehead atoms. The molecule has 0 saturated carbocycles. The zero-order valence-corrected chi connectivity index (χ0v) is 15.2. The molecule has 0 aliphatic carbocycles. The van der Waals surface area contributed by atoms with Crippen molar-refractivity contribution < 1.29 is 22.7 Å². The van der Waals surface area contributed by atoms with E-state index in [2.05, 4.69) is 9.71 Å². The first-order valence-corrected chi connectivity index (χ1v) is 9.56. The monoisotopic (exact) mass is 387 g/mol. The Morgan fingerprint density at radius 2 is 1.78 bits per heavy atom. The van der Waals surface area contributed by atoms with Crippen LogP contribution in [0.5, 0.6) is 0 Å². The predicted molar refractivity (Wildman–Crippen MR) is 101 cm³/mol. The number of benzene rings is 2. The number of H-pyrrole nitrogens is 1. The highest BCUT2D eigenvalue weighted by Crippen LogP contribution is 2.18. The van der Waals surface area contributed by atoms with E-state index in [-0.39, 0.29) is 17.9 Å². The number of carbonyl (C=O) groups is 2. The third kappa shape index (κ3) is 4.26. The molecule has 8 nitrogen and oxygen atoms in total. The molecule has 9 heteroatoms. The summed E-state index contributed by atoms with van der Waals surface area (Å²) in [4.78, 5) is 26.8. The Balaban J connectivity index is 1.71. The van der Waals surface area contributed by atoms with Gasteiger partial charge in [-0.05, 0) is 37.3 Å². The summed E-state index contributed by atoms with van der Waals surface area (Å²) in [7, 11) is -4.15. The van der Waals surface area contributed by atoms with Crippen LogP contribution in [0.2, 0.25) is 0 Å². The summed E-state index contributed by atoms with van der Waals surface area (Å²) in [6.07, 6.45) is 1.45. The third-order valence-electron chi connectivity index (χ3n) is 3.71. The second-order valence-corrected chi connectivity index (χ2v) is 7.00. The average molecular weight is 387 g/mol. The van der Waals surface area contributed by atoms with Gasteiger partial charge in [0.25, 0.3) is 5.91 Å². The Labute approximate surface area is 155 Å². The van der Waals surface area contributed by atoms with Crippen LogP contribution < -0.4 is 9.44 Å². The van der Waals surface area contributed by atoms with E-state index in [0.29, 0.717) is 10.9 Å². The van der Waals surface area contributed by atoms with E-state index in [1.165, 1.54) is 30.5 Å². The fraction of sp³-hybridized carbons (Fsp3) is 0.111. The summed E-state index contributed by atoms with van der Waals surface area (Å²) >= 11 is 0. The molecule has 3 N–H and O–H groups in total. The number of rotatable bonds is 6. The maximum absolute atomic E-state index is 12.3. The van der Waals surface area contributed by atoms with E-state index in [1.807, 2.05) is 4.72 Å². The van der Waals surface area contributed by atoms with Crippen molar-refractivity contribution in [3.8, 4) is 0 Å². The molecule has 2 aromatic carbocycles. The van der Waals surface area contributed by atoms with Crippen molar-refractivity contribution in [1.82, 2.24) is 9.71 Å². The molecule has 27 heavy (non-hydrogen) atoms. The first-order chi connectivity index (χ1) is 12.9. The number of aromatic amines is 1. The standard InChI is InChI=1S/C18H17N3O5S/c1-2-26-18(23)12-7-9-13(10-8-12)20-27(24,25)21-17(22)15-11-19-16-6-4-3-5-14(15)16/h3-11,19-20H,2H2,1H3,(H,21,22). The van der Waals surface area contributed by atoms with Crippen LogP contribution in [0.4, 0.5) is 5.69 Å². The van der Waals surface area contributed by atoms with Crippen molar-refractivity contribution in [1.29, 1.82) is 0 Å². The summed E-state index contributed by atoms with van der Waals surface area (Å²) in [6, 6.07) is 12.7. The van der Waals surface area contributed by atoms with Gasteiger partial charge in [0.15, 0.2) is 0 Å². The maximum atomic E-state index is 12.3. The highest BCUT2D eigenvalue weighted by Gasteiger charge is 2.19. The molecule has 0 atom stereocenters. The van der Waals surface area contributed by atoms with Gasteiger partial charge in [-0.3, -0.25) is 9.52 Å². The summed E-state index contributed by atoms with van der Waals surface area (Å²) < 4.78 is 33.5. The molecule has 0 saturated heterocycles. The quantitative estimate of drug-likeness (QED) is 0.562. The number of hydrogen-bond acceptors (Lipinski definition) is 5. The minimum absolute atomic E-state index is 0.197. The van der Waals surface area contributed by atoms with Crippen molar-refractivity contribution in [3.05, 3.63) is 65.9 Å². The normalized spacial score (nSPS) is 11.1. The highest BCUT2D eigenvalue weighted by molar-refractivity contribution is 7.91. The summed E-state index contributed by atoms with van der Waals surface area (Å²) in [5, 5.41) is 0.615. The molecule has 3 rings (SSSR count). The van der Waals surface area contributed by atoms with E-state index < -0.39 is 22.1 Å². The van der Waals surface area contributed by atoms with Crippen molar-refractivity contribution in [2.24, 2.45) is 0 Å². The lowest BCUT2D eigenvalue weighted by Crippen LogP contribution is -2.35. The molecule has 0 radical (unpaired) electrons. The molecule has 1 amide bonds. The first-order valence-electron chi connectivity index (χ1n) is 8.08. The Morgan fingerprint density at radius 1 is 1.07 bits per heavy atom. The lowest BCUT2D eigenvalue weighted by Gasteiger charge is -2.09. The van der Waals surface area contributed by atoms with Crippen molar-refractivity contribution in [2.45, 2.75) is 6.92 Å². The number of amides is 1. The van der Waals surface area contributed by atoms with Crippen molar-refractivity contribution in [3.63, 3.8) is 0 Å². The molecule has 1 heterocycles. The van der Waals surface area contributed by atoms with Gasteiger partial charge >= 0.3 is 16.2 Å². The third-order valence-corrected chi connectivity index (χ3v) is 4.67.